The number of rotatable bonds is 6. The molecule has 10 nitrogen and oxygen atoms in total. The van der Waals surface area contributed by atoms with E-state index in [9.17, 15) is 13.2 Å². The second-order valence-corrected chi connectivity index (χ2v) is 7.00. The third kappa shape index (κ3) is 4.55. The molecule has 158 valence electrons. The topological polar surface area (TPSA) is 120 Å². The van der Waals surface area contributed by atoms with Gasteiger partial charge in [-0.2, -0.15) is 20.1 Å². The smallest absolute Gasteiger partial charge is 0.267 e. The highest BCUT2D eigenvalue weighted by atomic mass is 19.3. The van der Waals surface area contributed by atoms with Crippen LogP contribution in [0.15, 0.2) is 18.5 Å². The molecule has 30 heavy (non-hydrogen) atoms. The van der Waals surface area contributed by atoms with E-state index in [1.54, 1.807) is 13.0 Å². The molecule has 3 aromatic heterocycles. The third-order valence-corrected chi connectivity index (χ3v) is 4.40. The molecule has 3 aromatic rings. The zero-order chi connectivity index (χ0) is 21.3. The van der Waals surface area contributed by atoms with E-state index in [0.29, 0.717) is 11.6 Å². The Morgan fingerprint density at radius 1 is 1.17 bits per heavy atom. The quantitative estimate of drug-likeness (QED) is 0.552. The highest BCUT2D eigenvalue weighted by Gasteiger charge is 2.39. The largest absolute Gasteiger partial charge is 0.344 e. The van der Waals surface area contributed by atoms with E-state index in [2.05, 4.69) is 45.8 Å². The lowest BCUT2D eigenvalue weighted by Crippen LogP contribution is -2.27. The van der Waals surface area contributed by atoms with Crippen molar-refractivity contribution in [1.29, 1.82) is 0 Å². The van der Waals surface area contributed by atoms with E-state index >= 15 is 0 Å². The maximum Gasteiger partial charge on any atom is 0.267 e. The predicted molar refractivity (Wildman–Crippen MR) is 102 cm³/mol. The van der Waals surface area contributed by atoms with Gasteiger partial charge in [0.2, 0.25) is 17.8 Å². The monoisotopic (exact) mass is 420 g/mol. The Balaban J connectivity index is 1.61. The van der Waals surface area contributed by atoms with Crippen LogP contribution in [0.2, 0.25) is 0 Å². The molecule has 13 heteroatoms. The number of aromatic nitrogens is 7. The molecule has 0 spiro atoms. The molecule has 4 rings (SSSR count). The van der Waals surface area contributed by atoms with Gasteiger partial charge in [-0.15, -0.1) is 0 Å². The summed E-state index contributed by atoms with van der Waals surface area (Å²) in [5, 5.41) is 12.8. The molecule has 0 radical (unpaired) electrons. The van der Waals surface area contributed by atoms with Gasteiger partial charge in [0.05, 0.1) is 25.0 Å². The van der Waals surface area contributed by atoms with Crippen LogP contribution in [0.1, 0.15) is 30.9 Å². The Bertz CT molecular complexity index is 1020. The summed E-state index contributed by atoms with van der Waals surface area (Å²) in [6.45, 7) is 3.22. The number of nitrogens with zero attached hydrogens (tertiary/aromatic N) is 7. The molecule has 1 fully saturated rings. The molecule has 0 unspecified atom stereocenters. The van der Waals surface area contributed by atoms with Crippen molar-refractivity contribution in [1.82, 2.24) is 35.1 Å². The van der Waals surface area contributed by atoms with E-state index in [4.69, 9.17) is 0 Å². The SMILES string of the molecule is Cc1cc(Nc2nc(N[C@@H](C)c3ncc(F)cn3)nc(N3CCC(F)(F)C3)n2)n[nH]1. The lowest BCUT2D eigenvalue weighted by molar-refractivity contribution is 0.0256. The second-order valence-electron chi connectivity index (χ2n) is 7.00. The van der Waals surface area contributed by atoms with Crippen LogP contribution in [0.25, 0.3) is 0 Å². The number of aromatic amines is 1. The van der Waals surface area contributed by atoms with Crippen molar-refractivity contribution in [2.45, 2.75) is 32.2 Å². The van der Waals surface area contributed by atoms with Gasteiger partial charge in [0, 0.05) is 24.7 Å². The lowest BCUT2D eigenvalue weighted by Gasteiger charge is -2.19. The van der Waals surface area contributed by atoms with Crippen molar-refractivity contribution < 1.29 is 13.2 Å². The van der Waals surface area contributed by atoms with Crippen molar-refractivity contribution in [3.63, 3.8) is 0 Å². The van der Waals surface area contributed by atoms with E-state index in [-0.39, 0.29) is 30.8 Å². The minimum absolute atomic E-state index is 0.103. The summed E-state index contributed by atoms with van der Waals surface area (Å²) in [5.74, 6) is -2.19. The van der Waals surface area contributed by atoms with Crippen molar-refractivity contribution >= 4 is 23.7 Å². The molecule has 3 N–H and O–H groups in total. The Labute approximate surface area is 169 Å². The maximum atomic E-state index is 13.7. The van der Waals surface area contributed by atoms with Crippen LogP contribution in [0.5, 0.6) is 0 Å². The van der Waals surface area contributed by atoms with Gasteiger partial charge in [-0.25, -0.2) is 23.1 Å². The fourth-order valence-electron chi connectivity index (χ4n) is 2.93. The van der Waals surface area contributed by atoms with Crippen LogP contribution in [-0.4, -0.2) is 54.1 Å². The normalized spacial score (nSPS) is 16.5. The lowest BCUT2D eigenvalue weighted by atomic mass is 10.3. The molecule has 1 saturated heterocycles. The Morgan fingerprint density at radius 3 is 2.53 bits per heavy atom. The fourth-order valence-corrected chi connectivity index (χ4v) is 2.93. The molecule has 1 aliphatic rings. The number of aryl methyl sites for hydroxylation is 1. The summed E-state index contributed by atoms with van der Waals surface area (Å²) in [6, 6.07) is 1.27. The number of hydrogen-bond donors (Lipinski definition) is 3. The minimum Gasteiger partial charge on any atom is -0.344 e. The molecule has 0 saturated carbocycles. The van der Waals surface area contributed by atoms with Gasteiger partial charge >= 0.3 is 0 Å². The Hall–Kier alpha value is -3.51. The van der Waals surface area contributed by atoms with E-state index in [1.807, 2.05) is 6.92 Å². The first-order valence-electron chi connectivity index (χ1n) is 9.19. The van der Waals surface area contributed by atoms with Crippen LogP contribution >= 0.6 is 0 Å². The van der Waals surface area contributed by atoms with Gasteiger partial charge in [-0.05, 0) is 13.8 Å². The number of hydrogen-bond acceptors (Lipinski definition) is 9. The Kier molecular flexibility index (Phi) is 5.10. The number of anilines is 4. The van der Waals surface area contributed by atoms with Crippen LogP contribution in [-0.2, 0) is 0 Å². The molecule has 1 atom stereocenters. The second kappa shape index (κ2) is 7.72. The molecule has 0 aromatic carbocycles. The van der Waals surface area contributed by atoms with Gasteiger partial charge in [0.25, 0.3) is 5.92 Å². The van der Waals surface area contributed by atoms with Crippen LogP contribution in [0.3, 0.4) is 0 Å². The van der Waals surface area contributed by atoms with Crippen molar-refractivity contribution in [2.24, 2.45) is 0 Å². The molecule has 0 bridgehead atoms. The Morgan fingerprint density at radius 2 is 1.90 bits per heavy atom. The van der Waals surface area contributed by atoms with Gasteiger partial charge in [0.15, 0.2) is 11.6 Å². The average Bonchev–Trinajstić information content (AvgIpc) is 3.26. The summed E-state index contributed by atoms with van der Waals surface area (Å²) in [7, 11) is 0. The standard InChI is InChI=1S/C17H19F3N10/c1-9-5-12(29-28-9)24-15-25-14(23-10(2)13-21-6-11(18)7-22-13)26-16(27-15)30-4-3-17(19,20)8-30/h5-7,10H,3-4,8H2,1-2H3,(H3,23,24,25,26,27,28,29)/t10-/m0/s1. The number of H-pyrrole nitrogens is 1. The molecule has 1 aliphatic heterocycles. The van der Waals surface area contributed by atoms with Gasteiger partial charge in [0.1, 0.15) is 5.82 Å². The van der Waals surface area contributed by atoms with Crippen LogP contribution in [0, 0.1) is 12.7 Å². The predicted octanol–water partition coefficient (Wildman–Crippen LogP) is 2.59. The van der Waals surface area contributed by atoms with Crippen molar-refractivity contribution in [3.05, 3.63) is 35.8 Å². The summed E-state index contributed by atoms with van der Waals surface area (Å²) in [6.07, 6.45) is 1.83. The molecular formula is C17H19F3N10. The summed E-state index contributed by atoms with van der Waals surface area (Å²) >= 11 is 0. The highest BCUT2D eigenvalue weighted by Crippen LogP contribution is 2.30. The van der Waals surface area contributed by atoms with Gasteiger partial charge < -0.3 is 15.5 Å². The average molecular weight is 420 g/mol. The number of nitrogens with one attached hydrogen (secondary N) is 3. The molecule has 4 heterocycles. The van der Waals surface area contributed by atoms with Crippen molar-refractivity contribution in [3.8, 4) is 0 Å². The first-order valence-corrected chi connectivity index (χ1v) is 9.19. The van der Waals surface area contributed by atoms with E-state index in [0.717, 1.165) is 18.1 Å². The van der Waals surface area contributed by atoms with Gasteiger partial charge in [-0.1, -0.05) is 0 Å². The first-order chi connectivity index (χ1) is 14.3. The highest BCUT2D eigenvalue weighted by molar-refractivity contribution is 5.53. The molecule has 0 aliphatic carbocycles. The van der Waals surface area contributed by atoms with E-state index < -0.39 is 24.3 Å². The third-order valence-electron chi connectivity index (χ3n) is 4.40. The molecular weight excluding hydrogens is 401 g/mol. The van der Waals surface area contributed by atoms with Crippen LogP contribution < -0.4 is 15.5 Å². The van der Waals surface area contributed by atoms with Crippen LogP contribution in [0.4, 0.5) is 36.8 Å². The number of halogens is 3. The first kappa shape index (κ1) is 19.8. The zero-order valence-corrected chi connectivity index (χ0v) is 16.2. The van der Waals surface area contributed by atoms with Gasteiger partial charge in [-0.3, -0.25) is 5.10 Å². The maximum absolute atomic E-state index is 13.7. The number of alkyl halides is 2. The summed E-state index contributed by atoms with van der Waals surface area (Å²) < 4.78 is 40.4. The fraction of sp³-hybridized carbons (Fsp3) is 0.412. The summed E-state index contributed by atoms with van der Waals surface area (Å²) in [5.41, 5.74) is 0.825. The van der Waals surface area contributed by atoms with Crippen molar-refractivity contribution in [2.75, 3.05) is 28.6 Å². The minimum atomic E-state index is -2.80. The molecule has 0 amide bonds. The van der Waals surface area contributed by atoms with E-state index in [1.165, 1.54) is 4.90 Å². The summed E-state index contributed by atoms with van der Waals surface area (Å²) in [4.78, 5) is 22.1. The zero-order valence-electron chi connectivity index (χ0n) is 16.2.